The van der Waals surface area contributed by atoms with Crippen LogP contribution in [0.3, 0.4) is 0 Å². The number of morpholine rings is 1. The van der Waals surface area contributed by atoms with Crippen LogP contribution in [0.25, 0.3) is 16.7 Å². The molecule has 0 spiro atoms. The standard InChI is InChI=1S/C22H27F2N7O2.C21H29N5O3/c1-14-13-33-10-9-29(14)18-7-8-30-21(27-18)16(11-25-30)22(32)26-17-12-31(28-19(17)20(23)24)15-5-3-2-4-6-15;1-23-11-13-25(14-12-23)10-4-6-15-5-3-7-16-19(15)24(2)21(29)26(16)17-8-9-18(27)22-20(17)28/h7-8,11-12,14-15,20H,2-6,9-10,13H2,1H3,(H,26,32);3,5,7,17H,4,6,8-14H2,1-2H3,(H,22,27,28)/t14-;/m1./s1. The van der Waals surface area contributed by atoms with E-state index < -0.39 is 30.0 Å². The lowest BCUT2D eigenvalue weighted by Gasteiger charge is -2.34. The van der Waals surface area contributed by atoms with E-state index in [1.165, 1.54) is 16.9 Å². The maximum atomic E-state index is 13.7. The van der Waals surface area contributed by atoms with Gasteiger partial charge in [-0.15, -0.1) is 0 Å². The number of amides is 3. The second-order valence-electron chi connectivity index (χ2n) is 16.9. The lowest BCUT2D eigenvalue weighted by molar-refractivity contribution is -0.135. The number of nitrogens with zero attached hydrogens (tertiary/aromatic N) is 10. The number of aromatic nitrogens is 7. The van der Waals surface area contributed by atoms with Gasteiger partial charge in [-0.1, -0.05) is 31.4 Å². The second-order valence-corrected chi connectivity index (χ2v) is 16.9. The number of nitrogens with one attached hydrogen (secondary N) is 2. The first-order valence-corrected chi connectivity index (χ1v) is 21.8. The number of likely N-dealkylation sites (N-methyl/N-ethyl adjacent to an activating group) is 1. The summed E-state index contributed by atoms with van der Waals surface area (Å²) in [5.41, 5.74) is 2.76. The number of anilines is 2. The number of fused-ring (bicyclic) bond motifs is 2. The third kappa shape index (κ3) is 9.15. The van der Waals surface area contributed by atoms with E-state index >= 15 is 0 Å². The van der Waals surface area contributed by atoms with Gasteiger partial charge in [-0.3, -0.25) is 33.5 Å². The van der Waals surface area contributed by atoms with Gasteiger partial charge in [-0.25, -0.2) is 23.1 Å². The highest BCUT2D eigenvalue weighted by atomic mass is 19.3. The van der Waals surface area contributed by atoms with Crippen LogP contribution in [0.15, 0.2) is 47.7 Å². The zero-order valence-corrected chi connectivity index (χ0v) is 35.6. The molecule has 4 fully saturated rings. The summed E-state index contributed by atoms with van der Waals surface area (Å²) >= 11 is 0. The van der Waals surface area contributed by atoms with Crippen molar-refractivity contribution < 1.29 is 27.9 Å². The van der Waals surface area contributed by atoms with Crippen molar-refractivity contribution in [3.05, 3.63) is 70.2 Å². The number of piperazine rings is 1. The maximum absolute atomic E-state index is 13.7. The lowest BCUT2D eigenvalue weighted by Crippen LogP contribution is -2.44. The van der Waals surface area contributed by atoms with E-state index in [-0.39, 0.29) is 41.4 Å². The van der Waals surface area contributed by atoms with Crippen molar-refractivity contribution in [2.45, 2.75) is 89.3 Å². The molecule has 1 aliphatic carbocycles. The highest BCUT2D eigenvalue weighted by Crippen LogP contribution is 2.33. The number of benzene rings is 1. The van der Waals surface area contributed by atoms with E-state index in [1.54, 1.807) is 27.1 Å². The average Bonchev–Trinajstić information content (AvgIpc) is 3.97. The fraction of sp³-hybridized carbons (Fsp3) is 0.558. The highest BCUT2D eigenvalue weighted by Gasteiger charge is 2.32. The minimum absolute atomic E-state index is 0.0258. The number of aryl methyl sites for hydroxylation is 2. The molecule has 1 unspecified atom stereocenters. The van der Waals surface area contributed by atoms with Crippen molar-refractivity contribution in [3.63, 3.8) is 0 Å². The highest BCUT2D eigenvalue weighted by molar-refractivity contribution is 6.08. The van der Waals surface area contributed by atoms with Gasteiger partial charge in [0.1, 0.15) is 17.4 Å². The van der Waals surface area contributed by atoms with E-state index in [9.17, 15) is 28.0 Å². The molecule has 17 nitrogen and oxygen atoms in total. The van der Waals surface area contributed by atoms with Crippen molar-refractivity contribution in [2.24, 2.45) is 7.05 Å². The SMILES string of the molecule is CN1CCN(CCCc2cccc3c2n(C)c(=O)n3C2CCC(=O)NC2=O)CC1.C[C@@H]1COCCN1c1ccn2ncc(C(=O)Nc3cn(C4CCCCC4)nc3C(F)F)c2n1. The summed E-state index contributed by atoms with van der Waals surface area (Å²) in [6.45, 7) is 9.41. The molecular weight excluding hydrogens is 803 g/mol. The van der Waals surface area contributed by atoms with Crippen LogP contribution in [0.1, 0.15) is 98.4 Å². The Hall–Kier alpha value is -5.53. The molecule has 3 aliphatic heterocycles. The van der Waals surface area contributed by atoms with Crippen molar-refractivity contribution in [1.29, 1.82) is 0 Å². The quantitative estimate of drug-likeness (QED) is 0.192. The zero-order valence-electron chi connectivity index (χ0n) is 35.6. The van der Waals surface area contributed by atoms with Gasteiger partial charge in [0.2, 0.25) is 11.8 Å². The molecule has 62 heavy (non-hydrogen) atoms. The molecule has 5 aromatic rings. The monoisotopic (exact) mass is 858 g/mol. The van der Waals surface area contributed by atoms with Crippen LogP contribution in [-0.4, -0.2) is 127 Å². The molecule has 2 atom stereocenters. The fourth-order valence-electron chi connectivity index (χ4n) is 9.15. The van der Waals surface area contributed by atoms with Crippen LogP contribution < -0.4 is 21.2 Å². The maximum Gasteiger partial charge on any atom is 0.329 e. The molecular formula is C43H56F2N12O5. The molecule has 332 valence electrons. The van der Waals surface area contributed by atoms with E-state index in [0.717, 1.165) is 94.3 Å². The fourth-order valence-corrected chi connectivity index (χ4v) is 9.15. The Morgan fingerprint density at radius 3 is 2.55 bits per heavy atom. The Balaban J connectivity index is 0.000000172. The first-order valence-electron chi connectivity index (χ1n) is 21.8. The number of alkyl halides is 2. The first kappa shape index (κ1) is 43.1. The molecule has 2 N–H and O–H groups in total. The third-order valence-electron chi connectivity index (χ3n) is 12.6. The Kier molecular flexibility index (Phi) is 13.1. The van der Waals surface area contributed by atoms with E-state index in [1.807, 2.05) is 25.1 Å². The van der Waals surface area contributed by atoms with Crippen LogP contribution >= 0.6 is 0 Å². The third-order valence-corrected chi connectivity index (χ3v) is 12.6. The van der Waals surface area contributed by atoms with Gasteiger partial charge in [0.25, 0.3) is 12.3 Å². The second kappa shape index (κ2) is 18.8. The number of hydrogen-bond donors (Lipinski definition) is 2. The number of carbonyl (C=O) groups is 3. The number of para-hydroxylation sites is 1. The molecule has 3 saturated heterocycles. The molecule has 4 aromatic heterocycles. The number of imidazole rings is 1. The normalized spacial score (nSPS) is 20.8. The van der Waals surface area contributed by atoms with Crippen molar-refractivity contribution in [1.82, 2.24) is 48.6 Å². The molecule has 9 rings (SSSR count). The molecule has 4 aliphatic rings. The Morgan fingerprint density at radius 2 is 1.81 bits per heavy atom. The van der Waals surface area contributed by atoms with Gasteiger partial charge in [0.05, 0.1) is 48.2 Å². The number of piperidine rings is 1. The number of rotatable bonds is 10. The van der Waals surface area contributed by atoms with Gasteiger partial charge in [0.15, 0.2) is 11.3 Å². The zero-order chi connectivity index (χ0) is 43.5. The van der Waals surface area contributed by atoms with E-state index in [2.05, 4.69) is 53.6 Å². The summed E-state index contributed by atoms with van der Waals surface area (Å²) in [5, 5.41) is 13.3. The van der Waals surface area contributed by atoms with E-state index in [4.69, 9.17) is 4.74 Å². The first-order chi connectivity index (χ1) is 30.0. The Morgan fingerprint density at radius 1 is 1.02 bits per heavy atom. The summed E-state index contributed by atoms with van der Waals surface area (Å²) in [6, 6.07) is 7.35. The number of halogens is 2. The van der Waals surface area contributed by atoms with Gasteiger partial charge >= 0.3 is 5.69 Å². The van der Waals surface area contributed by atoms with Gasteiger partial charge in [-0.05, 0) is 70.3 Å². The van der Waals surface area contributed by atoms with Gasteiger partial charge < -0.3 is 24.8 Å². The molecule has 0 radical (unpaired) electrons. The lowest BCUT2D eigenvalue weighted by atomic mass is 9.96. The minimum atomic E-state index is -2.79. The van der Waals surface area contributed by atoms with Crippen molar-refractivity contribution >= 4 is 45.9 Å². The molecule has 1 saturated carbocycles. The van der Waals surface area contributed by atoms with E-state index in [0.29, 0.717) is 37.6 Å². The number of imide groups is 1. The Labute approximate surface area is 358 Å². The number of hydrogen-bond acceptors (Lipinski definition) is 11. The summed E-state index contributed by atoms with van der Waals surface area (Å²) in [6.07, 6.45) is 9.45. The van der Waals surface area contributed by atoms with Crippen molar-refractivity contribution in [3.8, 4) is 0 Å². The molecule has 7 heterocycles. The predicted octanol–water partition coefficient (Wildman–Crippen LogP) is 4.34. The van der Waals surface area contributed by atoms with Crippen molar-refractivity contribution in [2.75, 3.05) is 69.7 Å². The largest absolute Gasteiger partial charge is 0.377 e. The minimum Gasteiger partial charge on any atom is -0.377 e. The summed E-state index contributed by atoms with van der Waals surface area (Å²) in [7, 11) is 3.92. The molecule has 0 bridgehead atoms. The number of ether oxygens (including phenoxy) is 1. The predicted molar refractivity (Wildman–Crippen MR) is 229 cm³/mol. The molecule has 3 amide bonds. The summed E-state index contributed by atoms with van der Waals surface area (Å²) < 4.78 is 39.1. The topological polar surface area (TPSA) is 169 Å². The van der Waals surface area contributed by atoms with Crippen LogP contribution in [0.2, 0.25) is 0 Å². The van der Waals surface area contributed by atoms with Gasteiger partial charge in [0, 0.05) is 58.6 Å². The summed E-state index contributed by atoms with van der Waals surface area (Å²) in [4.78, 5) is 61.5. The van der Waals surface area contributed by atoms with Crippen LogP contribution in [0.5, 0.6) is 0 Å². The molecule has 1 aromatic carbocycles. The van der Waals surface area contributed by atoms with Crippen LogP contribution in [0.4, 0.5) is 20.3 Å². The smallest absolute Gasteiger partial charge is 0.329 e. The average molecular weight is 859 g/mol. The van der Waals surface area contributed by atoms with Crippen LogP contribution in [-0.2, 0) is 27.8 Å². The number of carbonyl (C=O) groups excluding carboxylic acids is 3. The van der Waals surface area contributed by atoms with Gasteiger partial charge in [-0.2, -0.15) is 10.2 Å². The Bertz CT molecular complexity index is 2460. The molecule has 19 heteroatoms. The summed E-state index contributed by atoms with van der Waals surface area (Å²) in [5.74, 6) is -0.499. The van der Waals surface area contributed by atoms with Crippen LogP contribution in [0, 0.1) is 0 Å².